The molecular formula is C14H20N2O4S. The van der Waals surface area contributed by atoms with Crippen molar-refractivity contribution in [3.8, 4) is 0 Å². The Kier molecular flexibility index (Phi) is 4.72. The van der Waals surface area contributed by atoms with Crippen molar-refractivity contribution in [3.63, 3.8) is 0 Å². The molecule has 0 bridgehead atoms. The van der Waals surface area contributed by atoms with Crippen molar-refractivity contribution in [2.45, 2.75) is 20.3 Å². The van der Waals surface area contributed by atoms with Gasteiger partial charge in [-0.2, -0.15) is 0 Å². The van der Waals surface area contributed by atoms with Crippen LogP contribution >= 0.6 is 11.3 Å². The van der Waals surface area contributed by atoms with Crippen LogP contribution < -0.4 is 10.6 Å². The number of carbonyl (C=O) groups excluding carboxylic acids is 2. The molecule has 0 spiro atoms. The van der Waals surface area contributed by atoms with E-state index in [2.05, 4.69) is 11.8 Å². The summed E-state index contributed by atoms with van der Waals surface area (Å²) in [5.41, 5.74) is 6.44. The van der Waals surface area contributed by atoms with Crippen molar-refractivity contribution in [2.75, 3.05) is 37.4 Å². The largest absolute Gasteiger partial charge is 0.465 e. The predicted octanol–water partition coefficient (Wildman–Crippen LogP) is 2.14. The summed E-state index contributed by atoms with van der Waals surface area (Å²) in [5.74, 6) is -0.470. The highest BCUT2D eigenvalue weighted by atomic mass is 32.1. The molecular weight excluding hydrogens is 292 g/mol. The van der Waals surface area contributed by atoms with Crippen LogP contribution in [0.2, 0.25) is 0 Å². The minimum absolute atomic E-state index is 0.153. The van der Waals surface area contributed by atoms with Crippen LogP contribution in [0, 0.1) is 5.92 Å². The zero-order chi connectivity index (χ0) is 15.6. The Morgan fingerprint density at radius 3 is 2.67 bits per heavy atom. The fourth-order valence-electron chi connectivity index (χ4n) is 2.42. The zero-order valence-electron chi connectivity index (χ0n) is 12.5. The van der Waals surface area contributed by atoms with E-state index in [1.165, 1.54) is 18.4 Å². The smallest absolute Gasteiger partial charge is 0.350 e. The summed E-state index contributed by atoms with van der Waals surface area (Å²) in [7, 11) is 1.29. The number of hydrogen-bond donors (Lipinski definition) is 1. The van der Waals surface area contributed by atoms with E-state index in [0.29, 0.717) is 10.9 Å². The van der Waals surface area contributed by atoms with Crippen LogP contribution in [-0.2, 0) is 9.47 Å². The van der Waals surface area contributed by atoms with Gasteiger partial charge in [-0.05, 0) is 19.3 Å². The van der Waals surface area contributed by atoms with Crippen LogP contribution in [0.1, 0.15) is 40.3 Å². The highest BCUT2D eigenvalue weighted by Crippen LogP contribution is 2.41. The van der Waals surface area contributed by atoms with Crippen molar-refractivity contribution in [1.29, 1.82) is 0 Å². The maximum atomic E-state index is 12.2. The maximum Gasteiger partial charge on any atom is 0.350 e. The van der Waals surface area contributed by atoms with Crippen molar-refractivity contribution in [2.24, 2.45) is 5.92 Å². The Bertz CT molecular complexity index is 555. The second kappa shape index (κ2) is 6.34. The van der Waals surface area contributed by atoms with Gasteiger partial charge >= 0.3 is 11.9 Å². The zero-order valence-corrected chi connectivity index (χ0v) is 13.3. The van der Waals surface area contributed by atoms with Gasteiger partial charge in [0.05, 0.1) is 19.4 Å². The van der Waals surface area contributed by atoms with Crippen LogP contribution in [0.25, 0.3) is 0 Å². The van der Waals surface area contributed by atoms with Gasteiger partial charge in [0.25, 0.3) is 0 Å². The average molecular weight is 312 g/mol. The van der Waals surface area contributed by atoms with Crippen molar-refractivity contribution >= 4 is 34.0 Å². The van der Waals surface area contributed by atoms with Crippen LogP contribution in [0.4, 0.5) is 10.7 Å². The SMILES string of the molecule is CCOC(=O)c1c(N2CCC(C)C2)sc(C(=O)OC)c1N. The fraction of sp³-hybridized carbons (Fsp3) is 0.571. The molecule has 1 aliphatic heterocycles. The summed E-state index contributed by atoms with van der Waals surface area (Å²) in [5, 5.41) is 0.704. The number of methoxy groups -OCH3 is 1. The topological polar surface area (TPSA) is 81.9 Å². The van der Waals surface area contributed by atoms with E-state index in [0.717, 1.165) is 19.5 Å². The second-order valence-corrected chi connectivity index (χ2v) is 6.08. The van der Waals surface area contributed by atoms with Crippen LogP contribution in [-0.4, -0.2) is 38.7 Å². The molecule has 0 amide bonds. The number of anilines is 2. The van der Waals surface area contributed by atoms with E-state index in [1.807, 2.05) is 0 Å². The Labute approximate surface area is 127 Å². The summed E-state index contributed by atoms with van der Waals surface area (Å²) in [6, 6.07) is 0. The third-order valence-electron chi connectivity index (χ3n) is 3.49. The van der Waals surface area contributed by atoms with Crippen molar-refractivity contribution < 1.29 is 19.1 Å². The number of rotatable bonds is 4. The lowest BCUT2D eigenvalue weighted by Crippen LogP contribution is -2.21. The molecule has 1 atom stereocenters. The van der Waals surface area contributed by atoms with E-state index in [9.17, 15) is 9.59 Å². The van der Waals surface area contributed by atoms with E-state index >= 15 is 0 Å². The van der Waals surface area contributed by atoms with Gasteiger partial charge in [0.2, 0.25) is 0 Å². The normalized spacial score (nSPS) is 17.9. The average Bonchev–Trinajstić information content (AvgIpc) is 3.02. The fourth-order valence-corrected chi connectivity index (χ4v) is 3.58. The molecule has 116 valence electrons. The van der Waals surface area contributed by atoms with Crippen LogP contribution in [0.3, 0.4) is 0 Å². The number of nitrogen functional groups attached to an aromatic ring is 1. The van der Waals surface area contributed by atoms with Gasteiger partial charge in [0.1, 0.15) is 15.4 Å². The summed E-state index contributed by atoms with van der Waals surface area (Å²) in [6.07, 6.45) is 1.05. The Hall–Kier alpha value is -1.76. The third kappa shape index (κ3) is 2.97. The molecule has 2 heterocycles. The predicted molar refractivity (Wildman–Crippen MR) is 82.0 cm³/mol. The summed E-state index contributed by atoms with van der Waals surface area (Å²) in [4.78, 5) is 26.3. The first-order valence-corrected chi connectivity index (χ1v) is 7.73. The number of carbonyl (C=O) groups is 2. The Morgan fingerprint density at radius 1 is 1.43 bits per heavy atom. The van der Waals surface area contributed by atoms with Crippen molar-refractivity contribution in [3.05, 3.63) is 10.4 Å². The minimum Gasteiger partial charge on any atom is -0.465 e. The van der Waals surface area contributed by atoms with Crippen molar-refractivity contribution in [1.82, 2.24) is 0 Å². The van der Waals surface area contributed by atoms with Gasteiger partial charge in [-0.15, -0.1) is 11.3 Å². The van der Waals surface area contributed by atoms with E-state index in [-0.39, 0.29) is 22.7 Å². The molecule has 21 heavy (non-hydrogen) atoms. The Balaban J connectivity index is 2.46. The first-order valence-electron chi connectivity index (χ1n) is 6.92. The van der Waals surface area contributed by atoms with Gasteiger partial charge < -0.3 is 20.1 Å². The molecule has 1 aromatic rings. The molecule has 2 rings (SSSR count). The lowest BCUT2D eigenvalue weighted by atomic mass is 10.2. The van der Waals surface area contributed by atoms with Gasteiger partial charge in [-0.25, -0.2) is 9.59 Å². The molecule has 1 unspecified atom stereocenters. The first kappa shape index (κ1) is 15.6. The second-order valence-electron chi connectivity index (χ2n) is 5.08. The van der Waals surface area contributed by atoms with Gasteiger partial charge in [-0.1, -0.05) is 6.92 Å². The summed E-state index contributed by atoms with van der Waals surface area (Å²) >= 11 is 1.20. The summed E-state index contributed by atoms with van der Waals surface area (Å²) in [6.45, 7) is 5.83. The van der Waals surface area contributed by atoms with Crippen LogP contribution in [0.5, 0.6) is 0 Å². The number of ether oxygens (including phenoxy) is 2. The van der Waals surface area contributed by atoms with E-state index < -0.39 is 11.9 Å². The molecule has 1 fully saturated rings. The molecule has 0 saturated carbocycles. The molecule has 7 heteroatoms. The lowest BCUT2D eigenvalue weighted by Gasteiger charge is -2.17. The number of thiophene rings is 1. The number of nitrogens with two attached hydrogens (primary N) is 1. The van der Waals surface area contributed by atoms with Gasteiger partial charge in [-0.3, -0.25) is 0 Å². The molecule has 0 aromatic carbocycles. The quantitative estimate of drug-likeness (QED) is 0.858. The number of nitrogens with zero attached hydrogens (tertiary/aromatic N) is 1. The molecule has 1 aliphatic rings. The summed E-state index contributed by atoms with van der Waals surface area (Å²) < 4.78 is 9.80. The Morgan fingerprint density at radius 2 is 2.14 bits per heavy atom. The highest BCUT2D eigenvalue weighted by molar-refractivity contribution is 7.19. The monoisotopic (exact) mass is 312 g/mol. The minimum atomic E-state index is -0.526. The van der Waals surface area contributed by atoms with Crippen LogP contribution in [0.15, 0.2) is 0 Å². The molecule has 0 aliphatic carbocycles. The molecule has 1 saturated heterocycles. The standard InChI is InChI=1S/C14H20N2O4S/c1-4-20-13(17)9-10(15)11(14(18)19-3)21-12(9)16-6-5-8(2)7-16/h8H,4-7,15H2,1-3H3. The number of esters is 2. The van der Waals surface area contributed by atoms with E-state index in [4.69, 9.17) is 15.2 Å². The number of hydrogen-bond acceptors (Lipinski definition) is 7. The molecule has 0 radical (unpaired) electrons. The maximum absolute atomic E-state index is 12.2. The molecule has 1 aromatic heterocycles. The third-order valence-corrected chi connectivity index (χ3v) is 4.73. The first-order chi connectivity index (χ1) is 9.99. The van der Waals surface area contributed by atoms with Gasteiger partial charge in [0.15, 0.2) is 0 Å². The van der Waals surface area contributed by atoms with E-state index in [1.54, 1.807) is 6.92 Å². The molecule has 2 N–H and O–H groups in total. The molecule has 6 nitrogen and oxygen atoms in total. The lowest BCUT2D eigenvalue weighted by molar-refractivity contribution is 0.0529. The highest BCUT2D eigenvalue weighted by Gasteiger charge is 2.32. The van der Waals surface area contributed by atoms with Gasteiger partial charge in [0, 0.05) is 13.1 Å².